The summed E-state index contributed by atoms with van der Waals surface area (Å²) in [5, 5.41) is 13.0. The van der Waals surface area contributed by atoms with Gasteiger partial charge in [0, 0.05) is 29.7 Å². The second kappa shape index (κ2) is 17.5. The molecule has 3 aromatic carbocycles. The lowest BCUT2D eigenvalue weighted by Crippen LogP contribution is -2.34. The number of benzene rings is 3. The van der Waals surface area contributed by atoms with Crippen molar-refractivity contribution < 1.29 is 41.1 Å². The van der Waals surface area contributed by atoms with Crippen molar-refractivity contribution in [1.29, 1.82) is 0 Å². The lowest BCUT2D eigenvalue weighted by molar-refractivity contribution is -0.136. The molecule has 3 aromatic rings. The van der Waals surface area contributed by atoms with Gasteiger partial charge in [0.1, 0.15) is 10.6 Å². The molecule has 0 spiro atoms. The van der Waals surface area contributed by atoms with E-state index in [0.29, 0.717) is 29.2 Å². The molecular weight excluding hydrogens is 683 g/mol. The van der Waals surface area contributed by atoms with E-state index in [2.05, 4.69) is 10.6 Å². The SMILES string of the molecule is CCCCOc1ccc(NC(=O)N(Cc2ccc(C(=O)NCCC(=O)O)cc2)c2ccc(C3CCCCC3)cc2)cc1S(=O)(=O)CS(C)(=O)=O. The zero-order valence-electron chi connectivity index (χ0n) is 28.4. The molecule has 1 saturated carbocycles. The minimum Gasteiger partial charge on any atom is -0.492 e. The summed E-state index contributed by atoms with van der Waals surface area (Å²) in [6, 6.07) is 17.9. The van der Waals surface area contributed by atoms with Crippen LogP contribution in [0.4, 0.5) is 16.2 Å². The smallest absolute Gasteiger partial charge is 0.326 e. The number of nitrogens with zero attached hydrogens (tertiary/aromatic N) is 1. The molecule has 14 heteroatoms. The summed E-state index contributed by atoms with van der Waals surface area (Å²) in [7, 11) is -8.25. The van der Waals surface area contributed by atoms with Crippen LogP contribution in [0.2, 0.25) is 0 Å². The minimum absolute atomic E-state index is 0.00217. The van der Waals surface area contributed by atoms with Crippen LogP contribution < -0.4 is 20.3 Å². The molecule has 0 unspecified atom stereocenters. The fourth-order valence-corrected chi connectivity index (χ4v) is 9.29. The van der Waals surface area contributed by atoms with E-state index < -0.39 is 42.7 Å². The third-order valence-electron chi connectivity index (χ3n) is 8.36. The number of carboxylic acids is 1. The number of carbonyl (C=O) groups excluding carboxylic acids is 2. The summed E-state index contributed by atoms with van der Waals surface area (Å²) in [6.45, 7) is 2.27. The Bertz CT molecular complexity index is 1860. The van der Waals surface area contributed by atoms with Crippen molar-refractivity contribution >= 4 is 49.0 Å². The predicted octanol–water partition coefficient (Wildman–Crippen LogP) is 6.13. The van der Waals surface area contributed by atoms with E-state index in [1.54, 1.807) is 24.3 Å². The molecule has 1 fully saturated rings. The van der Waals surface area contributed by atoms with Crippen LogP contribution in [-0.2, 0) is 31.0 Å². The Hall–Kier alpha value is -4.43. The molecule has 0 heterocycles. The Kier molecular flexibility index (Phi) is 13.4. The van der Waals surface area contributed by atoms with E-state index in [0.717, 1.165) is 25.5 Å². The summed E-state index contributed by atoms with van der Waals surface area (Å²) in [5.74, 6) is -0.981. The average Bonchev–Trinajstić information content (AvgIpc) is 3.07. The third-order valence-corrected chi connectivity index (χ3v) is 12.3. The van der Waals surface area contributed by atoms with Crippen LogP contribution in [0.1, 0.15) is 85.7 Å². The standard InChI is InChI=1S/C36H45N3O9S2/c1-3-4-22-48-32-19-16-30(23-33(32)50(46,47)25-49(2,44)45)38-36(43)39(31-17-14-28(15-18-31)27-8-6-5-7-9-27)24-26-10-12-29(13-11-26)35(42)37-21-20-34(40)41/h10-19,23,27H,3-9,20-22,24-25H2,1-2H3,(H,37,42)(H,38,43)(H,40,41). The van der Waals surface area contributed by atoms with Gasteiger partial charge in [0.15, 0.2) is 24.8 Å². The summed E-state index contributed by atoms with van der Waals surface area (Å²) in [5.41, 5.74) is 2.93. The summed E-state index contributed by atoms with van der Waals surface area (Å²) in [6.07, 6.45) is 7.92. The fourth-order valence-electron chi connectivity index (χ4n) is 5.78. The molecule has 50 heavy (non-hydrogen) atoms. The maximum absolute atomic E-state index is 14.0. The van der Waals surface area contributed by atoms with Gasteiger partial charge in [-0.05, 0) is 78.8 Å². The minimum atomic E-state index is -4.34. The van der Waals surface area contributed by atoms with Gasteiger partial charge in [0.2, 0.25) is 0 Å². The maximum atomic E-state index is 14.0. The molecular formula is C36H45N3O9S2. The third kappa shape index (κ3) is 11.3. The topological polar surface area (TPSA) is 176 Å². The Morgan fingerprint density at radius 2 is 1.60 bits per heavy atom. The number of ether oxygens (including phenoxy) is 1. The zero-order valence-corrected chi connectivity index (χ0v) is 30.0. The van der Waals surface area contributed by atoms with Crippen LogP contribution in [0, 0.1) is 0 Å². The van der Waals surface area contributed by atoms with Gasteiger partial charge in [-0.15, -0.1) is 0 Å². The van der Waals surface area contributed by atoms with E-state index in [4.69, 9.17) is 9.84 Å². The van der Waals surface area contributed by atoms with E-state index in [9.17, 15) is 31.2 Å². The summed E-state index contributed by atoms with van der Waals surface area (Å²) in [4.78, 5) is 38.4. The van der Waals surface area contributed by atoms with Crippen LogP contribution in [-0.4, -0.2) is 64.3 Å². The highest BCUT2D eigenvalue weighted by Crippen LogP contribution is 2.34. The van der Waals surface area contributed by atoms with E-state index >= 15 is 0 Å². The first-order valence-corrected chi connectivity index (χ1v) is 20.4. The van der Waals surface area contributed by atoms with Crippen LogP contribution in [0.25, 0.3) is 0 Å². The van der Waals surface area contributed by atoms with Gasteiger partial charge in [-0.2, -0.15) is 0 Å². The summed E-state index contributed by atoms with van der Waals surface area (Å²) >= 11 is 0. The van der Waals surface area contributed by atoms with Gasteiger partial charge in [-0.3, -0.25) is 14.5 Å². The molecule has 3 amide bonds. The normalized spacial score (nSPS) is 13.7. The maximum Gasteiger partial charge on any atom is 0.326 e. The lowest BCUT2D eigenvalue weighted by atomic mass is 9.84. The number of aliphatic carboxylic acids is 1. The molecule has 0 aliphatic heterocycles. The number of unbranched alkanes of at least 4 members (excludes halogenated alkanes) is 1. The van der Waals surface area contributed by atoms with E-state index in [1.807, 2.05) is 31.2 Å². The number of amides is 3. The number of hydrogen-bond donors (Lipinski definition) is 3. The van der Waals surface area contributed by atoms with Gasteiger partial charge in [0.25, 0.3) is 5.91 Å². The highest BCUT2D eigenvalue weighted by molar-refractivity contribution is 8.07. The van der Waals surface area contributed by atoms with Gasteiger partial charge >= 0.3 is 12.0 Å². The van der Waals surface area contributed by atoms with Crippen molar-refractivity contribution in [3.63, 3.8) is 0 Å². The number of anilines is 2. The molecule has 0 bridgehead atoms. The van der Waals surface area contributed by atoms with Crippen molar-refractivity contribution in [1.82, 2.24) is 5.32 Å². The van der Waals surface area contributed by atoms with Crippen molar-refractivity contribution in [2.75, 3.05) is 34.7 Å². The van der Waals surface area contributed by atoms with Gasteiger partial charge in [-0.1, -0.05) is 56.9 Å². The quantitative estimate of drug-likeness (QED) is 0.147. The average molecular weight is 728 g/mol. The second-order valence-corrected chi connectivity index (χ2v) is 17.0. The van der Waals surface area contributed by atoms with Crippen LogP contribution >= 0.6 is 0 Å². The molecule has 1 aliphatic carbocycles. The molecule has 1 aliphatic rings. The van der Waals surface area contributed by atoms with E-state index in [-0.39, 0.29) is 42.4 Å². The Morgan fingerprint density at radius 1 is 0.920 bits per heavy atom. The number of nitrogens with one attached hydrogen (secondary N) is 2. The first kappa shape index (κ1) is 38.4. The second-order valence-electron chi connectivity index (χ2n) is 12.6. The Labute approximate surface area is 294 Å². The number of carboxylic acid groups (broad SMARTS) is 1. The number of hydrogen-bond acceptors (Lipinski definition) is 8. The number of urea groups is 1. The molecule has 270 valence electrons. The molecule has 0 saturated heterocycles. The lowest BCUT2D eigenvalue weighted by Gasteiger charge is -2.26. The van der Waals surface area contributed by atoms with Crippen LogP contribution in [0.15, 0.2) is 71.6 Å². The highest BCUT2D eigenvalue weighted by atomic mass is 32.3. The molecule has 3 N–H and O–H groups in total. The van der Waals surface area contributed by atoms with Crippen LogP contribution in [0.3, 0.4) is 0 Å². The van der Waals surface area contributed by atoms with Crippen molar-refractivity contribution in [3.8, 4) is 5.75 Å². The van der Waals surface area contributed by atoms with Crippen molar-refractivity contribution in [2.24, 2.45) is 0 Å². The van der Waals surface area contributed by atoms with Crippen LogP contribution in [0.5, 0.6) is 5.75 Å². The first-order valence-electron chi connectivity index (χ1n) is 16.7. The molecule has 0 atom stereocenters. The zero-order chi connectivity index (χ0) is 36.3. The molecule has 4 rings (SSSR count). The predicted molar refractivity (Wildman–Crippen MR) is 192 cm³/mol. The Balaban J connectivity index is 1.62. The Morgan fingerprint density at radius 3 is 2.22 bits per heavy atom. The first-order chi connectivity index (χ1) is 23.8. The molecule has 12 nitrogen and oxygen atoms in total. The fraction of sp³-hybridized carbons (Fsp3) is 0.417. The number of sulfone groups is 2. The van der Waals surface area contributed by atoms with Crippen molar-refractivity contribution in [2.45, 2.75) is 75.6 Å². The van der Waals surface area contributed by atoms with Gasteiger partial charge in [0.05, 0.1) is 19.6 Å². The highest BCUT2D eigenvalue weighted by Gasteiger charge is 2.27. The van der Waals surface area contributed by atoms with E-state index in [1.165, 1.54) is 47.9 Å². The van der Waals surface area contributed by atoms with Gasteiger partial charge in [-0.25, -0.2) is 21.6 Å². The largest absolute Gasteiger partial charge is 0.492 e. The molecule has 0 aromatic heterocycles. The van der Waals surface area contributed by atoms with Crippen molar-refractivity contribution in [3.05, 3.63) is 83.4 Å². The summed E-state index contributed by atoms with van der Waals surface area (Å²) < 4.78 is 56.1. The molecule has 0 radical (unpaired) electrons. The number of rotatable bonds is 16. The number of carbonyl (C=O) groups is 3. The van der Waals surface area contributed by atoms with Gasteiger partial charge < -0.3 is 20.5 Å². The monoisotopic (exact) mass is 727 g/mol.